The lowest BCUT2D eigenvalue weighted by atomic mass is 10.4. The van der Waals surface area contributed by atoms with Crippen molar-refractivity contribution >= 4 is 51.8 Å². The first-order valence-electron chi connectivity index (χ1n) is 3.03. The SMILES string of the molecule is COC(=O)c1nc(Cl)nc(I)c1Cl. The molecule has 0 aliphatic carbocycles. The number of hydrogen-bond acceptors (Lipinski definition) is 4. The maximum Gasteiger partial charge on any atom is 0.358 e. The summed E-state index contributed by atoms with van der Waals surface area (Å²) in [6, 6.07) is 0. The van der Waals surface area contributed by atoms with Crippen LogP contribution >= 0.6 is 45.8 Å². The zero-order valence-corrected chi connectivity index (χ0v) is 10.0. The molecule has 0 aromatic carbocycles. The summed E-state index contributed by atoms with van der Waals surface area (Å²) in [7, 11) is 1.24. The molecule has 0 amide bonds. The summed E-state index contributed by atoms with van der Waals surface area (Å²) in [5, 5.41) is 0.117. The Morgan fingerprint density at radius 1 is 1.46 bits per heavy atom. The highest BCUT2D eigenvalue weighted by atomic mass is 127. The van der Waals surface area contributed by atoms with Gasteiger partial charge >= 0.3 is 5.97 Å². The molecule has 1 aromatic heterocycles. The number of esters is 1. The van der Waals surface area contributed by atoms with Crippen molar-refractivity contribution in [2.24, 2.45) is 0 Å². The Morgan fingerprint density at radius 2 is 2.08 bits per heavy atom. The summed E-state index contributed by atoms with van der Waals surface area (Å²) in [6.07, 6.45) is 0. The number of halogens is 3. The van der Waals surface area contributed by atoms with Crippen LogP contribution in [0.2, 0.25) is 10.3 Å². The fourth-order valence-corrected chi connectivity index (χ4v) is 1.58. The number of hydrogen-bond donors (Lipinski definition) is 0. The van der Waals surface area contributed by atoms with Crippen LogP contribution in [0.5, 0.6) is 0 Å². The van der Waals surface area contributed by atoms with Crippen molar-refractivity contribution in [1.82, 2.24) is 9.97 Å². The lowest BCUT2D eigenvalue weighted by Crippen LogP contribution is -2.07. The highest BCUT2D eigenvalue weighted by molar-refractivity contribution is 14.1. The monoisotopic (exact) mass is 332 g/mol. The predicted octanol–water partition coefficient (Wildman–Crippen LogP) is 2.17. The summed E-state index contributed by atoms with van der Waals surface area (Å²) in [5.74, 6) is -0.632. The third kappa shape index (κ3) is 2.41. The van der Waals surface area contributed by atoms with E-state index in [9.17, 15) is 4.79 Å². The summed E-state index contributed by atoms with van der Waals surface area (Å²) in [5.41, 5.74) is -0.0198. The lowest BCUT2D eigenvalue weighted by molar-refractivity contribution is 0.0594. The summed E-state index contributed by atoms with van der Waals surface area (Å²) in [4.78, 5) is 18.5. The van der Waals surface area contributed by atoms with Gasteiger partial charge in [0.05, 0.1) is 7.11 Å². The number of nitrogens with zero attached hydrogens (tertiary/aromatic N) is 2. The first kappa shape index (κ1) is 10.9. The van der Waals surface area contributed by atoms with E-state index in [1.165, 1.54) is 7.11 Å². The molecule has 1 aromatic rings. The van der Waals surface area contributed by atoms with Crippen molar-refractivity contribution in [3.63, 3.8) is 0 Å². The van der Waals surface area contributed by atoms with Gasteiger partial charge in [-0.15, -0.1) is 0 Å². The molecule has 1 rings (SSSR count). The van der Waals surface area contributed by atoms with E-state index in [1.807, 2.05) is 22.6 Å². The van der Waals surface area contributed by atoms with E-state index in [1.54, 1.807) is 0 Å². The molecule has 7 heteroatoms. The van der Waals surface area contributed by atoms with Gasteiger partial charge in [0.15, 0.2) is 5.69 Å². The van der Waals surface area contributed by atoms with Gasteiger partial charge in [-0.25, -0.2) is 14.8 Å². The van der Waals surface area contributed by atoms with Gasteiger partial charge in [-0.2, -0.15) is 0 Å². The standard InChI is InChI=1S/C6H3Cl2IN2O2/c1-13-5(12)3-2(7)4(9)11-6(8)10-3/h1H3. The first-order valence-corrected chi connectivity index (χ1v) is 4.86. The minimum Gasteiger partial charge on any atom is -0.464 e. The molecule has 0 spiro atoms. The van der Waals surface area contributed by atoms with E-state index >= 15 is 0 Å². The molecule has 0 fully saturated rings. The van der Waals surface area contributed by atoms with E-state index in [0.717, 1.165) is 0 Å². The minimum absolute atomic E-state index is 0.0198. The van der Waals surface area contributed by atoms with E-state index in [0.29, 0.717) is 3.70 Å². The van der Waals surface area contributed by atoms with E-state index < -0.39 is 5.97 Å². The Labute approximate surface area is 97.7 Å². The van der Waals surface area contributed by atoms with E-state index in [2.05, 4.69) is 14.7 Å². The van der Waals surface area contributed by atoms with Crippen LogP contribution in [0.1, 0.15) is 10.5 Å². The van der Waals surface area contributed by atoms with E-state index in [-0.39, 0.29) is 16.0 Å². The smallest absolute Gasteiger partial charge is 0.358 e. The second-order valence-corrected chi connectivity index (χ2v) is 3.68. The molecule has 70 valence electrons. The Balaban J connectivity index is 3.28. The molecule has 0 saturated carbocycles. The Morgan fingerprint density at radius 3 is 2.62 bits per heavy atom. The fraction of sp³-hybridized carbons (Fsp3) is 0.167. The number of aromatic nitrogens is 2. The summed E-state index contributed by atoms with van der Waals surface area (Å²) < 4.78 is 4.87. The molecule has 0 N–H and O–H groups in total. The average Bonchev–Trinajstić information content (AvgIpc) is 2.10. The summed E-state index contributed by atoms with van der Waals surface area (Å²) >= 11 is 13.1. The van der Waals surface area contributed by atoms with Crippen molar-refractivity contribution in [2.45, 2.75) is 0 Å². The second-order valence-electron chi connectivity index (χ2n) is 1.94. The van der Waals surface area contributed by atoms with Gasteiger partial charge in [0, 0.05) is 0 Å². The number of carbonyl (C=O) groups is 1. The number of carbonyl (C=O) groups excluding carboxylic acids is 1. The number of methoxy groups -OCH3 is 1. The van der Waals surface area contributed by atoms with Crippen molar-refractivity contribution in [3.05, 3.63) is 19.7 Å². The van der Waals surface area contributed by atoms with Crippen LogP contribution in [-0.2, 0) is 4.74 Å². The maximum absolute atomic E-state index is 11.1. The molecule has 13 heavy (non-hydrogen) atoms. The van der Waals surface area contributed by atoms with Gasteiger partial charge in [0.25, 0.3) is 0 Å². The molecule has 0 aliphatic heterocycles. The lowest BCUT2D eigenvalue weighted by Gasteiger charge is -2.02. The molecule has 4 nitrogen and oxygen atoms in total. The van der Waals surface area contributed by atoms with Gasteiger partial charge in [-0.3, -0.25) is 0 Å². The van der Waals surface area contributed by atoms with Crippen LogP contribution in [0.15, 0.2) is 0 Å². The highest BCUT2D eigenvalue weighted by Gasteiger charge is 2.17. The van der Waals surface area contributed by atoms with Gasteiger partial charge in [-0.1, -0.05) is 11.6 Å². The zero-order chi connectivity index (χ0) is 10.0. The second kappa shape index (κ2) is 4.39. The highest BCUT2D eigenvalue weighted by Crippen LogP contribution is 2.21. The molecular formula is C6H3Cl2IN2O2. The average molecular weight is 333 g/mol. The van der Waals surface area contributed by atoms with Crippen LogP contribution in [0.4, 0.5) is 0 Å². The molecule has 0 aliphatic rings. The molecule has 1 heterocycles. The van der Waals surface area contributed by atoms with Crippen LogP contribution in [0, 0.1) is 3.70 Å². The largest absolute Gasteiger partial charge is 0.464 e. The normalized spacial score (nSPS) is 9.85. The molecule has 0 bridgehead atoms. The van der Waals surface area contributed by atoms with Gasteiger partial charge < -0.3 is 4.74 Å². The quantitative estimate of drug-likeness (QED) is 0.342. The maximum atomic E-state index is 11.1. The molecule has 0 unspecified atom stereocenters. The van der Waals surface area contributed by atoms with Crippen molar-refractivity contribution in [1.29, 1.82) is 0 Å². The number of ether oxygens (including phenoxy) is 1. The van der Waals surface area contributed by atoms with Gasteiger partial charge in [0.1, 0.15) is 8.72 Å². The Hall–Kier alpha value is -0.140. The van der Waals surface area contributed by atoms with Crippen LogP contribution in [0.3, 0.4) is 0 Å². The molecule has 0 saturated heterocycles. The predicted molar refractivity (Wildman–Crippen MR) is 56.1 cm³/mol. The van der Waals surface area contributed by atoms with Crippen LogP contribution in [0.25, 0.3) is 0 Å². The summed E-state index contributed by atoms with van der Waals surface area (Å²) in [6.45, 7) is 0. The van der Waals surface area contributed by atoms with E-state index in [4.69, 9.17) is 23.2 Å². The molecular weight excluding hydrogens is 330 g/mol. The van der Waals surface area contributed by atoms with Gasteiger partial charge in [-0.05, 0) is 34.2 Å². The third-order valence-electron chi connectivity index (χ3n) is 1.16. The van der Waals surface area contributed by atoms with Crippen LogP contribution < -0.4 is 0 Å². The van der Waals surface area contributed by atoms with Gasteiger partial charge in [0.2, 0.25) is 5.28 Å². The fourth-order valence-electron chi connectivity index (χ4n) is 0.626. The Bertz CT molecular complexity index is 359. The third-order valence-corrected chi connectivity index (χ3v) is 2.79. The zero-order valence-electron chi connectivity index (χ0n) is 6.34. The number of rotatable bonds is 1. The van der Waals surface area contributed by atoms with Crippen LogP contribution in [-0.4, -0.2) is 23.0 Å². The topological polar surface area (TPSA) is 52.1 Å². The molecule has 0 atom stereocenters. The molecule has 0 radical (unpaired) electrons. The van der Waals surface area contributed by atoms with Crippen molar-refractivity contribution in [2.75, 3.05) is 7.11 Å². The Kier molecular flexibility index (Phi) is 3.69. The first-order chi connectivity index (χ1) is 6.06. The van der Waals surface area contributed by atoms with Crippen molar-refractivity contribution in [3.8, 4) is 0 Å². The van der Waals surface area contributed by atoms with Crippen molar-refractivity contribution < 1.29 is 9.53 Å². The minimum atomic E-state index is -0.632.